The van der Waals surface area contributed by atoms with E-state index in [4.69, 9.17) is 11.6 Å². The third-order valence-electron chi connectivity index (χ3n) is 5.64. The fourth-order valence-corrected chi connectivity index (χ4v) is 4.23. The van der Waals surface area contributed by atoms with Crippen molar-refractivity contribution in [3.05, 3.63) is 88.8 Å². The van der Waals surface area contributed by atoms with Crippen molar-refractivity contribution < 1.29 is 9.90 Å². The van der Waals surface area contributed by atoms with Crippen molar-refractivity contribution in [1.29, 1.82) is 0 Å². The van der Waals surface area contributed by atoms with Gasteiger partial charge in [0, 0.05) is 42.1 Å². The molecule has 1 aliphatic heterocycles. The maximum absolute atomic E-state index is 13.3. The topological polar surface area (TPSA) is 96.2 Å². The average Bonchev–Trinajstić information content (AvgIpc) is 3.37. The zero-order valence-electron chi connectivity index (χ0n) is 17.8. The summed E-state index contributed by atoms with van der Waals surface area (Å²) in [6.07, 6.45) is 5.19. The van der Waals surface area contributed by atoms with Gasteiger partial charge in [0.15, 0.2) is 0 Å². The molecule has 2 N–H and O–H groups in total. The first-order chi connectivity index (χ1) is 16.0. The Morgan fingerprint density at radius 2 is 2.09 bits per heavy atom. The van der Waals surface area contributed by atoms with E-state index in [1.807, 2.05) is 43.6 Å². The van der Waals surface area contributed by atoms with Crippen LogP contribution < -0.4 is 5.32 Å². The Kier molecular flexibility index (Phi) is 5.53. The molecule has 1 aliphatic rings. The van der Waals surface area contributed by atoms with E-state index in [2.05, 4.69) is 20.4 Å². The molecule has 166 valence electrons. The summed E-state index contributed by atoms with van der Waals surface area (Å²) in [6, 6.07) is 14.3. The van der Waals surface area contributed by atoms with Gasteiger partial charge in [-0.1, -0.05) is 35.9 Å². The monoisotopic (exact) mass is 460 g/mol. The number of nitrogens with one attached hydrogen (secondary N) is 1. The first kappa shape index (κ1) is 21.1. The zero-order valence-corrected chi connectivity index (χ0v) is 18.6. The molecule has 2 aromatic heterocycles. The molecular formula is C24H21ClN6O2. The molecule has 0 spiro atoms. The molecule has 9 heteroatoms. The van der Waals surface area contributed by atoms with Gasteiger partial charge in [-0.05, 0) is 35.4 Å². The lowest BCUT2D eigenvalue weighted by molar-refractivity contribution is 0.0615. The Labute approximate surface area is 195 Å². The summed E-state index contributed by atoms with van der Waals surface area (Å²) in [7, 11) is 1.83. The van der Waals surface area contributed by atoms with Gasteiger partial charge in [-0.3, -0.25) is 9.48 Å². The van der Waals surface area contributed by atoms with Gasteiger partial charge < -0.3 is 15.3 Å². The Morgan fingerprint density at radius 3 is 2.85 bits per heavy atom. The highest BCUT2D eigenvalue weighted by atomic mass is 35.5. The molecule has 8 nitrogen and oxygen atoms in total. The molecule has 1 amide bonds. The lowest BCUT2D eigenvalue weighted by Crippen LogP contribution is -2.31. The molecule has 33 heavy (non-hydrogen) atoms. The number of rotatable bonds is 6. The minimum Gasteiger partial charge on any atom is -0.394 e. The number of benzene rings is 2. The first-order valence-electron chi connectivity index (χ1n) is 10.4. The molecular weight excluding hydrogens is 440 g/mol. The van der Waals surface area contributed by atoms with Gasteiger partial charge in [0.05, 0.1) is 30.2 Å². The lowest BCUT2D eigenvalue weighted by atomic mass is 10.0. The molecule has 1 unspecified atom stereocenters. The minimum absolute atomic E-state index is 0.131. The van der Waals surface area contributed by atoms with Gasteiger partial charge in [-0.2, -0.15) is 5.10 Å². The van der Waals surface area contributed by atoms with E-state index < -0.39 is 6.04 Å². The molecule has 0 radical (unpaired) electrons. The number of carbonyl (C=O) groups excluding carboxylic acids is 1. The second-order valence-corrected chi connectivity index (χ2v) is 8.29. The maximum atomic E-state index is 13.3. The van der Waals surface area contributed by atoms with Crippen LogP contribution in [0.1, 0.15) is 27.5 Å². The van der Waals surface area contributed by atoms with Gasteiger partial charge in [0.2, 0.25) is 5.95 Å². The minimum atomic E-state index is -0.471. The number of aromatic nitrogens is 4. The van der Waals surface area contributed by atoms with Crippen LogP contribution in [-0.2, 0) is 13.6 Å². The molecule has 0 saturated carbocycles. The molecule has 0 bridgehead atoms. The van der Waals surface area contributed by atoms with Crippen LogP contribution in [0.2, 0.25) is 5.02 Å². The quantitative estimate of drug-likeness (QED) is 0.452. The van der Waals surface area contributed by atoms with Crippen molar-refractivity contribution in [3.63, 3.8) is 0 Å². The van der Waals surface area contributed by atoms with Crippen molar-refractivity contribution in [2.24, 2.45) is 7.05 Å². The summed E-state index contributed by atoms with van der Waals surface area (Å²) in [5.74, 6) is 0.309. The highest BCUT2D eigenvalue weighted by Gasteiger charge is 2.33. The Morgan fingerprint density at radius 1 is 1.21 bits per heavy atom. The number of halogens is 1. The van der Waals surface area contributed by atoms with Crippen LogP contribution >= 0.6 is 11.6 Å². The van der Waals surface area contributed by atoms with Gasteiger partial charge >= 0.3 is 0 Å². The number of aryl methyl sites for hydroxylation is 1. The van der Waals surface area contributed by atoms with Crippen LogP contribution in [0.4, 0.5) is 11.6 Å². The van der Waals surface area contributed by atoms with E-state index in [-0.39, 0.29) is 12.5 Å². The Bertz CT molecular complexity index is 1340. The molecule has 0 saturated heterocycles. The van der Waals surface area contributed by atoms with Crippen molar-refractivity contribution >= 4 is 29.1 Å². The number of fused-ring (bicyclic) bond motifs is 1. The van der Waals surface area contributed by atoms with Gasteiger partial charge in [-0.25, -0.2) is 9.97 Å². The summed E-state index contributed by atoms with van der Waals surface area (Å²) in [5, 5.41) is 17.9. The standard InChI is InChI=1S/C24H21ClN6O2/c1-30-13-19(11-27-30)28-24-26-8-7-21(29-24)15-5-6-17-12-31(23(33)20(17)10-15)22(14-32)16-3-2-4-18(25)9-16/h2-11,13,22,32H,12,14H2,1H3,(H,26,28,29). The van der Waals surface area contributed by atoms with Crippen LogP contribution in [0.15, 0.2) is 67.1 Å². The average molecular weight is 461 g/mol. The summed E-state index contributed by atoms with van der Waals surface area (Å²) < 4.78 is 1.69. The number of amides is 1. The second-order valence-electron chi connectivity index (χ2n) is 7.85. The highest BCUT2D eigenvalue weighted by molar-refractivity contribution is 6.30. The van der Waals surface area contributed by atoms with Crippen LogP contribution in [-0.4, -0.2) is 42.3 Å². The number of hydrogen-bond acceptors (Lipinski definition) is 6. The number of aliphatic hydroxyl groups excluding tert-OH is 1. The third-order valence-corrected chi connectivity index (χ3v) is 5.87. The fourth-order valence-electron chi connectivity index (χ4n) is 4.03. The summed E-state index contributed by atoms with van der Waals surface area (Å²) in [6.45, 7) is 0.228. The molecule has 0 fully saturated rings. The second kappa shape index (κ2) is 8.65. The fraction of sp³-hybridized carbons (Fsp3) is 0.167. The van der Waals surface area contributed by atoms with E-state index >= 15 is 0 Å². The number of hydrogen-bond donors (Lipinski definition) is 2. The predicted octanol–water partition coefficient (Wildman–Crippen LogP) is 3.96. The highest BCUT2D eigenvalue weighted by Crippen LogP contribution is 2.34. The van der Waals surface area contributed by atoms with Crippen LogP contribution in [0.5, 0.6) is 0 Å². The zero-order chi connectivity index (χ0) is 22.9. The van der Waals surface area contributed by atoms with E-state index in [1.54, 1.807) is 40.2 Å². The van der Waals surface area contributed by atoms with Crippen molar-refractivity contribution in [1.82, 2.24) is 24.6 Å². The van der Waals surface area contributed by atoms with Gasteiger partial charge in [0.1, 0.15) is 0 Å². The maximum Gasteiger partial charge on any atom is 0.255 e. The molecule has 3 heterocycles. The number of aliphatic hydroxyl groups is 1. The first-order valence-corrected chi connectivity index (χ1v) is 10.8. The Hall–Kier alpha value is -3.75. The van der Waals surface area contributed by atoms with Crippen molar-refractivity contribution in [2.75, 3.05) is 11.9 Å². The van der Waals surface area contributed by atoms with E-state index in [1.165, 1.54) is 0 Å². The summed E-state index contributed by atoms with van der Waals surface area (Å²) in [5.41, 5.74) is 4.60. The van der Waals surface area contributed by atoms with E-state index in [0.29, 0.717) is 28.8 Å². The molecule has 1 atom stereocenters. The number of anilines is 2. The molecule has 5 rings (SSSR count). The van der Waals surface area contributed by atoms with Crippen LogP contribution in [0.3, 0.4) is 0 Å². The van der Waals surface area contributed by atoms with E-state index in [9.17, 15) is 9.90 Å². The predicted molar refractivity (Wildman–Crippen MR) is 125 cm³/mol. The summed E-state index contributed by atoms with van der Waals surface area (Å²) >= 11 is 6.12. The number of carbonyl (C=O) groups is 1. The summed E-state index contributed by atoms with van der Waals surface area (Å²) in [4.78, 5) is 23.8. The van der Waals surface area contributed by atoms with Crippen LogP contribution in [0.25, 0.3) is 11.3 Å². The van der Waals surface area contributed by atoms with Gasteiger partial charge in [-0.15, -0.1) is 0 Å². The van der Waals surface area contributed by atoms with Crippen LogP contribution in [0, 0.1) is 0 Å². The van der Waals surface area contributed by atoms with Crippen molar-refractivity contribution in [2.45, 2.75) is 12.6 Å². The Balaban J connectivity index is 1.41. The lowest BCUT2D eigenvalue weighted by Gasteiger charge is -2.26. The number of nitrogens with zero attached hydrogens (tertiary/aromatic N) is 5. The van der Waals surface area contributed by atoms with E-state index in [0.717, 1.165) is 22.4 Å². The van der Waals surface area contributed by atoms with Gasteiger partial charge in [0.25, 0.3) is 5.91 Å². The molecule has 2 aromatic carbocycles. The smallest absolute Gasteiger partial charge is 0.255 e. The SMILES string of the molecule is Cn1cc(Nc2nccc(-c3ccc4c(c3)C(=O)N(C(CO)c3cccc(Cl)c3)C4)n2)cn1. The molecule has 0 aliphatic carbocycles. The normalized spacial score (nSPS) is 13.8. The largest absolute Gasteiger partial charge is 0.394 e. The third kappa shape index (κ3) is 4.18. The van der Waals surface area contributed by atoms with Crippen molar-refractivity contribution in [3.8, 4) is 11.3 Å². The molecule has 4 aromatic rings.